The molecule has 116 valence electrons. The van der Waals surface area contributed by atoms with Crippen molar-refractivity contribution in [2.45, 2.75) is 18.8 Å². The van der Waals surface area contributed by atoms with Crippen LogP contribution in [0.1, 0.15) is 44.5 Å². The molecule has 2 heterocycles. The summed E-state index contributed by atoms with van der Waals surface area (Å²) in [7, 11) is 0. The number of hydrogen-bond acceptors (Lipinski definition) is 4. The summed E-state index contributed by atoms with van der Waals surface area (Å²) in [5, 5.41) is 14.4. The molecule has 0 aliphatic heterocycles. The van der Waals surface area contributed by atoms with Gasteiger partial charge in [-0.05, 0) is 60.0 Å². The Labute approximate surface area is 135 Å². The first-order chi connectivity index (χ1) is 11.1. The van der Waals surface area contributed by atoms with Crippen LogP contribution in [0, 0.1) is 0 Å². The Hall–Kier alpha value is -2.60. The lowest BCUT2D eigenvalue weighted by Crippen LogP contribution is -2.11. The molecule has 1 amide bonds. The maximum Gasteiger partial charge on any atom is 0.371 e. The molecule has 1 saturated carbocycles. The molecule has 1 aromatic carbocycles. The van der Waals surface area contributed by atoms with Gasteiger partial charge in [0.15, 0.2) is 0 Å². The molecule has 0 atom stereocenters. The van der Waals surface area contributed by atoms with Crippen LogP contribution in [-0.4, -0.2) is 17.0 Å². The van der Waals surface area contributed by atoms with Crippen molar-refractivity contribution < 1.29 is 19.1 Å². The van der Waals surface area contributed by atoms with Gasteiger partial charge in [-0.15, -0.1) is 11.3 Å². The van der Waals surface area contributed by atoms with Gasteiger partial charge in [-0.2, -0.15) is 0 Å². The van der Waals surface area contributed by atoms with Crippen molar-refractivity contribution in [2.24, 2.45) is 0 Å². The van der Waals surface area contributed by atoms with Crippen LogP contribution in [0.3, 0.4) is 0 Å². The third-order valence-electron chi connectivity index (χ3n) is 3.90. The number of thiophene rings is 1. The minimum absolute atomic E-state index is 0.113. The minimum Gasteiger partial charge on any atom is -0.475 e. The number of hydrogen-bond donors (Lipinski definition) is 2. The van der Waals surface area contributed by atoms with Gasteiger partial charge < -0.3 is 14.8 Å². The molecule has 5 nitrogen and oxygen atoms in total. The zero-order chi connectivity index (χ0) is 16.0. The van der Waals surface area contributed by atoms with E-state index < -0.39 is 5.97 Å². The Bertz CT molecular complexity index is 920. The molecule has 0 bridgehead atoms. The van der Waals surface area contributed by atoms with Gasteiger partial charge in [0.2, 0.25) is 5.76 Å². The number of fused-ring (bicyclic) bond motifs is 1. The summed E-state index contributed by atoms with van der Waals surface area (Å²) in [6.45, 7) is 0. The van der Waals surface area contributed by atoms with E-state index in [2.05, 4.69) is 5.32 Å². The van der Waals surface area contributed by atoms with E-state index in [-0.39, 0.29) is 11.7 Å². The number of carboxylic acid groups (broad SMARTS) is 1. The summed E-state index contributed by atoms with van der Waals surface area (Å²) in [5.74, 6) is -0.822. The van der Waals surface area contributed by atoms with Gasteiger partial charge in [0.25, 0.3) is 5.91 Å². The fourth-order valence-corrected chi connectivity index (χ4v) is 3.51. The van der Waals surface area contributed by atoms with E-state index >= 15 is 0 Å². The number of anilines is 1. The molecule has 2 N–H and O–H groups in total. The van der Waals surface area contributed by atoms with Crippen molar-refractivity contribution >= 4 is 39.9 Å². The molecule has 1 aliphatic rings. The number of rotatable bonds is 4. The normalized spacial score (nSPS) is 14.1. The Morgan fingerprint density at radius 2 is 2.04 bits per heavy atom. The number of nitrogens with one attached hydrogen (secondary N) is 1. The van der Waals surface area contributed by atoms with Crippen LogP contribution in [0.4, 0.5) is 5.69 Å². The molecule has 23 heavy (non-hydrogen) atoms. The van der Waals surface area contributed by atoms with Crippen molar-refractivity contribution in [3.8, 4) is 0 Å². The highest BCUT2D eigenvalue weighted by molar-refractivity contribution is 7.12. The van der Waals surface area contributed by atoms with Crippen LogP contribution >= 0.6 is 11.3 Å². The maximum absolute atomic E-state index is 12.5. The van der Waals surface area contributed by atoms with Crippen LogP contribution in [0.2, 0.25) is 0 Å². The van der Waals surface area contributed by atoms with Crippen molar-refractivity contribution in [3.63, 3.8) is 0 Å². The van der Waals surface area contributed by atoms with Crippen LogP contribution in [-0.2, 0) is 0 Å². The van der Waals surface area contributed by atoms with E-state index in [0.29, 0.717) is 22.6 Å². The second kappa shape index (κ2) is 5.24. The average Bonchev–Trinajstić information content (AvgIpc) is 3.10. The fourth-order valence-electron chi connectivity index (χ4n) is 2.63. The molecule has 0 saturated heterocycles. The smallest absolute Gasteiger partial charge is 0.371 e. The number of furan rings is 1. The van der Waals surface area contributed by atoms with Crippen molar-refractivity contribution in [1.29, 1.82) is 0 Å². The highest BCUT2D eigenvalue weighted by Gasteiger charge is 2.29. The summed E-state index contributed by atoms with van der Waals surface area (Å²) in [4.78, 5) is 24.1. The van der Waals surface area contributed by atoms with E-state index in [0.717, 1.165) is 23.3 Å². The zero-order valence-corrected chi connectivity index (χ0v) is 12.9. The third-order valence-corrected chi connectivity index (χ3v) is 4.83. The van der Waals surface area contributed by atoms with Crippen LogP contribution in [0.15, 0.2) is 40.1 Å². The zero-order valence-electron chi connectivity index (χ0n) is 12.0. The van der Waals surface area contributed by atoms with E-state index in [4.69, 9.17) is 9.52 Å². The standard InChI is InChI=1S/C17H13NO4S/c19-16(15-12(5-6-23-15)9-1-2-9)18-11-3-4-13-10(7-11)8-14(22-13)17(20)21/h3-9H,1-2H2,(H,18,19)(H,20,21). The number of benzene rings is 1. The van der Waals surface area contributed by atoms with Gasteiger partial charge in [-0.25, -0.2) is 4.79 Å². The fraction of sp³-hybridized carbons (Fsp3) is 0.176. The molecule has 4 rings (SSSR count). The summed E-state index contributed by atoms with van der Waals surface area (Å²) in [5.41, 5.74) is 2.23. The highest BCUT2D eigenvalue weighted by Crippen LogP contribution is 2.43. The molecule has 0 unspecified atom stereocenters. The summed E-state index contributed by atoms with van der Waals surface area (Å²) in [6, 6.07) is 8.56. The first-order valence-electron chi connectivity index (χ1n) is 7.27. The number of carbonyl (C=O) groups excluding carboxylic acids is 1. The van der Waals surface area contributed by atoms with Crippen molar-refractivity contribution in [3.05, 3.63) is 51.9 Å². The van der Waals surface area contributed by atoms with Crippen LogP contribution in [0.5, 0.6) is 0 Å². The Morgan fingerprint density at radius 3 is 2.78 bits per heavy atom. The van der Waals surface area contributed by atoms with E-state index in [9.17, 15) is 9.59 Å². The van der Waals surface area contributed by atoms with Crippen LogP contribution in [0.25, 0.3) is 11.0 Å². The lowest BCUT2D eigenvalue weighted by molar-refractivity contribution is 0.0665. The predicted octanol–water partition coefficient (Wildman–Crippen LogP) is 4.32. The average molecular weight is 327 g/mol. The monoisotopic (exact) mass is 327 g/mol. The molecule has 0 spiro atoms. The molecular formula is C17H13NO4S. The van der Waals surface area contributed by atoms with Crippen molar-refractivity contribution in [1.82, 2.24) is 0 Å². The number of carbonyl (C=O) groups is 2. The lowest BCUT2D eigenvalue weighted by Gasteiger charge is -2.05. The molecule has 6 heteroatoms. The van der Waals surface area contributed by atoms with Gasteiger partial charge in [-0.3, -0.25) is 4.79 Å². The summed E-state index contributed by atoms with van der Waals surface area (Å²) < 4.78 is 5.21. The second-order valence-corrected chi connectivity index (χ2v) is 6.52. The van der Waals surface area contributed by atoms with E-state index in [1.54, 1.807) is 18.2 Å². The predicted molar refractivity (Wildman–Crippen MR) is 87.4 cm³/mol. The SMILES string of the molecule is O=C(O)c1cc2cc(NC(=O)c3sccc3C3CC3)ccc2o1. The largest absolute Gasteiger partial charge is 0.475 e. The number of carboxylic acids is 1. The maximum atomic E-state index is 12.5. The molecule has 2 aromatic heterocycles. The van der Waals surface area contributed by atoms with Gasteiger partial charge in [0.05, 0.1) is 4.88 Å². The van der Waals surface area contributed by atoms with Crippen molar-refractivity contribution in [2.75, 3.05) is 5.32 Å². The van der Waals surface area contributed by atoms with E-state index in [1.807, 2.05) is 11.4 Å². The Kier molecular flexibility index (Phi) is 3.20. The lowest BCUT2D eigenvalue weighted by atomic mass is 10.1. The number of amides is 1. The summed E-state index contributed by atoms with van der Waals surface area (Å²) in [6.07, 6.45) is 2.30. The minimum atomic E-state index is -1.11. The van der Waals surface area contributed by atoms with Gasteiger partial charge in [0, 0.05) is 11.1 Å². The molecule has 0 radical (unpaired) electrons. The van der Waals surface area contributed by atoms with Crippen LogP contribution < -0.4 is 5.32 Å². The molecular weight excluding hydrogens is 314 g/mol. The Balaban J connectivity index is 1.60. The number of aromatic carboxylic acids is 1. The molecule has 1 aliphatic carbocycles. The Morgan fingerprint density at radius 1 is 1.22 bits per heavy atom. The first kappa shape index (κ1) is 14.0. The highest BCUT2D eigenvalue weighted by atomic mass is 32.1. The second-order valence-electron chi connectivity index (χ2n) is 5.60. The third kappa shape index (κ3) is 2.61. The van der Waals surface area contributed by atoms with E-state index in [1.165, 1.54) is 17.4 Å². The summed E-state index contributed by atoms with van der Waals surface area (Å²) >= 11 is 1.45. The first-order valence-corrected chi connectivity index (χ1v) is 8.15. The topological polar surface area (TPSA) is 79.5 Å². The van der Waals surface area contributed by atoms with Gasteiger partial charge in [-0.1, -0.05) is 0 Å². The quantitative estimate of drug-likeness (QED) is 0.748. The van der Waals surface area contributed by atoms with Gasteiger partial charge >= 0.3 is 5.97 Å². The molecule has 3 aromatic rings. The molecule has 1 fully saturated rings. The van der Waals surface area contributed by atoms with Gasteiger partial charge in [0.1, 0.15) is 5.58 Å².